The zero-order valence-corrected chi connectivity index (χ0v) is 16.5. The summed E-state index contributed by atoms with van der Waals surface area (Å²) in [4.78, 5) is 32.9. The second-order valence-electron chi connectivity index (χ2n) is 6.52. The van der Waals surface area contributed by atoms with Gasteiger partial charge in [-0.15, -0.1) is 0 Å². The van der Waals surface area contributed by atoms with E-state index in [2.05, 4.69) is 10.4 Å². The zero-order valence-electron chi connectivity index (χ0n) is 15.7. The second kappa shape index (κ2) is 7.94. The van der Waals surface area contributed by atoms with Crippen LogP contribution in [0.25, 0.3) is 27.8 Å². The highest BCUT2D eigenvalue weighted by Gasteiger charge is 2.18. The zero-order chi connectivity index (χ0) is 20.4. The third kappa shape index (κ3) is 3.67. The van der Waals surface area contributed by atoms with Gasteiger partial charge in [-0.2, -0.15) is 0 Å². The summed E-state index contributed by atoms with van der Waals surface area (Å²) < 4.78 is 1.52. The van der Waals surface area contributed by atoms with Gasteiger partial charge in [0.1, 0.15) is 11.0 Å². The largest absolute Gasteiger partial charge is 0.355 e. The number of hydrogen-bond acceptors (Lipinski definition) is 5. The summed E-state index contributed by atoms with van der Waals surface area (Å²) in [5.41, 5.74) is 6.36. The summed E-state index contributed by atoms with van der Waals surface area (Å²) >= 11 is 1.16. The van der Waals surface area contributed by atoms with Crippen molar-refractivity contribution in [3.8, 4) is 16.8 Å². The van der Waals surface area contributed by atoms with Crippen molar-refractivity contribution in [2.24, 2.45) is 5.84 Å². The molecule has 4 rings (SSSR count). The lowest BCUT2D eigenvalue weighted by Gasteiger charge is -2.13. The van der Waals surface area contributed by atoms with Crippen LogP contribution in [0.3, 0.4) is 0 Å². The Labute approximate surface area is 170 Å². The number of benzene rings is 2. The molecule has 146 valence electrons. The molecule has 0 saturated carbocycles. The van der Waals surface area contributed by atoms with E-state index in [1.165, 1.54) is 4.57 Å². The SMILES string of the molecule is Cc1cccc(-n2c(SCC(=O)NN)nc3c(-c4ccccc4)c[nH]c3c2=O)c1. The molecule has 0 aliphatic rings. The van der Waals surface area contributed by atoms with Crippen molar-refractivity contribution in [1.29, 1.82) is 0 Å². The highest BCUT2D eigenvalue weighted by Crippen LogP contribution is 2.28. The second-order valence-corrected chi connectivity index (χ2v) is 7.46. The third-order valence-corrected chi connectivity index (χ3v) is 5.45. The summed E-state index contributed by atoms with van der Waals surface area (Å²) in [7, 11) is 0. The predicted octanol–water partition coefficient (Wildman–Crippen LogP) is 2.77. The molecular weight excluding hydrogens is 386 g/mol. The van der Waals surface area contributed by atoms with E-state index in [0.717, 1.165) is 28.5 Å². The number of nitrogens with one attached hydrogen (secondary N) is 2. The van der Waals surface area contributed by atoms with Crippen LogP contribution in [-0.2, 0) is 4.79 Å². The normalized spacial score (nSPS) is 11.0. The number of nitrogens with zero attached hydrogens (tertiary/aromatic N) is 2. The summed E-state index contributed by atoms with van der Waals surface area (Å²) in [6, 6.07) is 17.3. The van der Waals surface area contributed by atoms with Gasteiger partial charge in [-0.1, -0.05) is 54.2 Å². The molecule has 8 heteroatoms. The number of thioether (sulfide) groups is 1. The minimum Gasteiger partial charge on any atom is -0.355 e. The monoisotopic (exact) mass is 405 g/mol. The van der Waals surface area contributed by atoms with Gasteiger partial charge >= 0.3 is 0 Å². The van der Waals surface area contributed by atoms with Crippen LogP contribution < -0.4 is 16.8 Å². The van der Waals surface area contributed by atoms with Gasteiger partial charge in [-0.25, -0.2) is 10.8 Å². The van der Waals surface area contributed by atoms with Gasteiger partial charge < -0.3 is 4.98 Å². The Morgan fingerprint density at radius 1 is 1.21 bits per heavy atom. The van der Waals surface area contributed by atoms with Gasteiger partial charge in [0, 0.05) is 11.8 Å². The molecule has 0 unspecified atom stereocenters. The average molecular weight is 405 g/mol. The Morgan fingerprint density at radius 2 is 2.00 bits per heavy atom. The van der Waals surface area contributed by atoms with Crippen molar-refractivity contribution >= 4 is 28.7 Å². The van der Waals surface area contributed by atoms with Gasteiger partial charge in [-0.05, 0) is 30.2 Å². The summed E-state index contributed by atoms with van der Waals surface area (Å²) in [5, 5.41) is 0.425. The first-order valence-corrected chi connectivity index (χ1v) is 9.96. The lowest BCUT2D eigenvalue weighted by molar-refractivity contribution is -0.118. The standard InChI is InChI=1S/C21H19N5O2S/c1-13-6-5-9-15(10-13)26-20(28)19-18(24-21(26)29-12-17(27)25-22)16(11-23-19)14-7-3-2-4-8-14/h2-11,23H,12,22H2,1H3,(H,25,27). The Balaban J connectivity index is 1.95. The van der Waals surface area contributed by atoms with Crippen molar-refractivity contribution < 1.29 is 4.79 Å². The summed E-state index contributed by atoms with van der Waals surface area (Å²) in [6.45, 7) is 1.96. The summed E-state index contributed by atoms with van der Waals surface area (Å²) in [6.07, 6.45) is 1.79. The number of hydrazine groups is 1. The van der Waals surface area contributed by atoms with Crippen molar-refractivity contribution in [2.75, 3.05) is 5.75 Å². The molecule has 0 aliphatic carbocycles. The average Bonchev–Trinajstić information content (AvgIpc) is 3.17. The number of carbonyl (C=O) groups excluding carboxylic acids is 1. The van der Waals surface area contributed by atoms with Gasteiger partial charge in [0.05, 0.1) is 11.4 Å². The molecule has 1 amide bonds. The molecule has 29 heavy (non-hydrogen) atoms. The lowest BCUT2D eigenvalue weighted by atomic mass is 10.1. The number of nitrogens with two attached hydrogens (primary N) is 1. The Morgan fingerprint density at radius 3 is 2.72 bits per heavy atom. The molecule has 2 aromatic heterocycles. The maximum Gasteiger partial charge on any atom is 0.283 e. The van der Waals surface area contributed by atoms with Crippen LogP contribution >= 0.6 is 11.8 Å². The fourth-order valence-electron chi connectivity index (χ4n) is 3.14. The molecule has 0 bridgehead atoms. The number of hydrogen-bond donors (Lipinski definition) is 3. The van der Waals surface area contributed by atoms with Gasteiger partial charge in [0.25, 0.3) is 5.56 Å². The van der Waals surface area contributed by atoms with E-state index in [0.29, 0.717) is 21.9 Å². The minimum absolute atomic E-state index is 0.0470. The van der Waals surface area contributed by atoms with Crippen molar-refractivity contribution in [1.82, 2.24) is 20.0 Å². The van der Waals surface area contributed by atoms with E-state index in [1.807, 2.05) is 61.5 Å². The lowest BCUT2D eigenvalue weighted by Crippen LogP contribution is -2.32. The van der Waals surface area contributed by atoms with Crippen molar-refractivity contribution in [3.63, 3.8) is 0 Å². The van der Waals surface area contributed by atoms with E-state index < -0.39 is 0 Å². The van der Waals surface area contributed by atoms with Crippen LogP contribution in [0.2, 0.25) is 0 Å². The number of aromatic nitrogens is 3. The van der Waals surface area contributed by atoms with Gasteiger partial charge in [-0.3, -0.25) is 19.6 Å². The van der Waals surface area contributed by atoms with Crippen LogP contribution in [0.5, 0.6) is 0 Å². The van der Waals surface area contributed by atoms with E-state index in [-0.39, 0.29) is 17.2 Å². The molecular formula is C21H19N5O2S. The first-order valence-electron chi connectivity index (χ1n) is 8.97. The molecule has 2 heterocycles. The van der Waals surface area contributed by atoms with Crippen LogP contribution in [0.1, 0.15) is 5.56 Å². The highest BCUT2D eigenvalue weighted by molar-refractivity contribution is 7.99. The maximum atomic E-state index is 13.4. The predicted molar refractivity (Wildman–Crippen MR) is 115 cm³/mol. The van der Waals surface area contributed by atoms with Crippen LogP contribution in [0.15, 0.2) is 70.7 Å². The summed E-state index contributed by atoms with van der Waals surface area (Å²) in [5.74, 6) is 4.90. The molecule has 4 aromatic rings. The Hall–Kier alpha value is -3.36. The number of aryl methyl sites for hydroxylation is 1. The highest BCUT2D eigenvalue weighted by atomic mass is 32.2. The Kier molecular flexibility index (Phi) is 5.20. The van der Waals surface area contributed by atoms with E-state index in [9.17, 15) is 9.59 Å². The van der Waals surface area contributed by atoms with E-state index >= 15 is 0 Å². The van der Waals surface area contributed by atoms with E-state index in [1.54, 1.807) is 6.20 Å². The van der Waals surface area contributed by atoms with Crippen LogP contribution in [-0.4, -0.2) is 26.2 Å². The van der Waals surface area contributed by atoms with Crippen molar-refractivity contribution in [3.05, 3.63) is 76.7 Å². The van der Waals surface area contributed by atoms with Crippen molar-refractivity contribution in [2.45, 2.75) is 12.1 Å². The molecule has 0 atom stereocenters. The van der Waals surface area contributed by atoms with Gasteiger partial charge in [0.2, 0.25) is 5.91 Å². The number of aromatic amines is 1. The molecule has 0 aliphatic heterocycles. The number of amides is 1. The molecule has 0 fully saturated rings. The Bertz CT molecular complexity index is 1250. The molecule has 4 N–H and O–H groups in total. The molecule has 0 saturated heterocycles. The first kappa shape index (κ1) is 19.0. The molecule has 2 aromatic carbocycles. The quantitative estimate of drug-likeness (QED) is 0.156. The molecule has 0 radical (unpaired) electrons. The third-order valence-electron chi connectivity index (χ3n) is 4.51. The number of rotatable bonds is 5. The maximum absolute atomic E-state index is 13.4. The number of carbonyl (C=O) groups is 1. The molecule has 7 nitrogen and oxygen atoms in total. The fourth-order valence-corrected chi connectivity index (χ4v) is 3.96. The fraction of sp³-hybridized carbons (Fsp3) is 0.0952. The smallest absolute Gasteiger partial charge is 0.283 e. The van der Waals surface area contributed by atoms with Crippen LogP contribution in [0.4, 0.5) is 0 Å². The molecule has 0 spiro atoms. The number of fused-ring (bicyclic) bond motifs is 1. The number of H-pyrrole nitrogens is 1. The van der Waals surface area contributed by atoms with Crippen LogP contribution in [0, 0.1) is 6.92 Å². The van der Waals surface area contributed by atoms with Gasteiger partial charge in [0.15, 0.2) is 5.16 Å². The first-order chi connectivity index (χ1) is 14.1. The topological polar surface area (TPSA) is 106 Å². The van der Waals surface area contributed by atoms with E-state index in [4.69, 9.17) is 10.8 Å². The minimum atomic E-state index is -0.350.